The van der Waals surface area contributed by atoms with Crippen LogP contribution in [0.5, 0.6) is 0 Å². The molecular weight excluding hydrogens is 316 g/mol. The smallest absolute Gasteiger partial charge is 0.228 e. The zero-order valence-corrected chi connectivity index (χ0v) is 14.1. The number of benzene rings is 2. The number of aromatic nitrogens is 1. The quantitative estimate of drug-likeness (QED) is 0.764. The first-order valence-electron chi connectivity index (χ1n) is 8.18. The number of anilines is 1. The van der Waals surface area contributed by atoms with E-state index in [1.807, 2.05) is 29.6 Å². The van der Waals surface area contributed by atoms with Gasteiger partial charge in [0.05, 0.1) is 6.42 Å². The normalized spacial score (nSPS) is 12.8. The molecule has 1 N–H and O–H groups in total. The van der Waals surface area contributed by atoms with Crippen LogP contribution in [0.25, 0.3) is 10.6 Å². The van der Waals surface area contributed by atoms with Gasteiger partial charge in [0.15, 0.2) is 0 Å². The van der Waals surface area contributed by atoms with Crippen LogP contribution in [0.4, 0.5) is 5.69 Å². The standard InChI is InChI=1S/C20H18N2OS/c23-19(13-14-4-5-15-2-1-3-17(15)12-14)22-18-8-6-16(7-9-18)20-21-10-11-24-20/h4-12H,1-3,13H2,(H,22,23). The molecule has 0 bridgehead atoms. The molecule has 120 valence electrons. The lowest BCUT2D eigenvalue weighted by atomic mass is 10.0. The van der Waals surface area contributed by atoms with Crippen molar-refractivity contribution in [1.29, 1.82) is 0 Å². The van der Waals surface area contributed by atoms with Gasteiger partial charge in [0, 0.05) is 22.8 Å². The average Bonchev–Trinajstić information content (AvgIpc) is 3.26. The Morgan fingerprint density at radius 3 is 2.71 bits per heavy atom. The van der Waals surface area contributed by atoms with Crippen molar-refractivity contribution in [3.63, 3.8) is 0 Å². The second kappa shape index (κ2) is 6.57. The van der Waals surface area contributed by atoms with E-state index < -0.39 is 0 Å². The van der Waals surface area contributed by atoms with Crippen LogP contribution >= 0.6 is 11.3 Å². The van der Waals surface area contributed by atoms with Gasteiger partial charge >= 0.3 is 0 Å². The third kappa shape index (κ3) is 3.24. The monoisotopic (exact) mass is 334 g/mol. The lowest BCUT2D eigenvalue weighted by molar-refractivity contribution is -0.115. The summed E-state index contributed by atoms with van der Waals surface area (Å²) in [5.74, 6) is 0.0231. The zero-order valence-electron chi connectivity index (χ0n) is 13.3. The summed E-state index contributed by atoms with van der Waals surface area (Å²) in [5.41, 5.74) is 5.83. The first kappa shape index (κ1) is 15.1. The molecule has 1 aliphatic carbocycles. The largest absolute Gasteiger partial charge is 0.326 e. The Hall–Kier alpha value is -2.46. The number of aryl methyl sites for hydroxylation is 2. The molecule has 0 fully saturated rings. The van der Waals surface area contributed by atoms with Gasteiger partial charge in [0.2, 0.25) is 5.91 Å². The number of hydrogen-bond donors (Lipinski definition) is 1. The Bertz CT molecular complexity index is 854. The van der Waals surface area contributed by atoms with Crippen molar-refractivity contribution in [3.8, 4) is 10.6 Å². The first-order chi connectivity index (χ1) is 11.8. The van der Waals surface area contributed by atoms with Crippen LogP contribution in [0.1, 0.15) is 23.1 Å². The minimum absolute atomic E-state index is 0.0231. The highest BCUT2D eigenvalue weighted by Crippen LogP contribution is 2.24. The summed E-state index contributed by atoms with van der Waals surface area (Å²) in [7, 11) is 0. The Morgan fingerprint density at radius 1 is 1.08 bits per heavy atom. The Labute approximate surface area is 145 Å². The van der Waals surface area contributed by atoms with E-state index in [1.165, 1.54) is 24.0 Å². The van der Waals surface area contributed by atoms with Crippen molar-refractivity contribution in [2.45, 2.75) is 25.7 Å². The van der Waals surface area contributed by atoms with E-state index in [1.54, 1.807) is 17.5 Å². The van der Waals surface area contributed by atoms with Crippen LogP contribution in [0.2, 0.25) is 0 Å². The molecule has 2 aromatic carbocycles. The number of nitrogens with zero attached hydrogens (tertiary/aromatic N) is 1. The van der Waals surface area contributed by atoms with Crippen LogP contribution < -0.4 is 5.32 Å². The molecule has 0 unspecified atom stereocenters. The van der Waals surface area contributed by atoms with Crippen LogP contribution in [-0.2, 0) is 24.1 Å². The number of carbonyl (C=O) groups excluding carboxylic acids is 1. The van der Waals surface area contributed by atoms with Crippen LogP contribution in [0, 0.1) is 0 Å². The van der Waals surface area contributed by atoms with Gasteiger partial charge in [-0.25, -0.2) is 4.98 Å². The third-order valence-corrected chi connectivity index (χ3v) is 5.20. The molecule has 1 aliphatic rings. The molecule has 1 amide bonds. The molecule has 0 saturated heterocycles. The molecule has 0 spiro atoms. The SMILES string of the molecule is O=C(Cc1ccc2c(c1)CCC2)Nc1ccc(-c2nccs2)cc1. The van der Waals surface area contributed by atoms with E-state index in [9.17, 15) is 4.79 Å². The molecule has 1 heterocycles. The predicted molar refractivity (Wildman–Crippen MR) is 98.4 cm³/mol. The van der Waals surface area contributed by atoms with Gasteiger partial charge in [-0.15, -0.1) is 11.3 Å². The van der Waals surface area contributed by atoms with Crippen molar-refractivity contribution < 1.29 is 4.79 Å². The molecule has 0 saturated carbocycles. The minimum Gasteiger partial charge on any atom is -0.326 e. The summed E-state index contributed by atoms with van der Waals surface area (Å²) in [6, 6.07) is 14.3. The fourth-order valence-corrected chi connectivity index (χ4v) is 3.83. The molecule has 3 nitrogen and oxygen atoms in total. The number of thiazole rings is 1. The molecule has 1 aromatic heterocycles. The summed E-state index contributed by atoms with van der Waals surface area (Å²) in [6.07, 6.45) is 5.76. The predicted octanol–water partition coefficient (Wildman–Crippen LogP) is 4.48. The molecular formula is C20H18N2OS. The van der Waals surface area contributed by atoms with Crippen molar-refractivity contribution >= 4 is 22.9 Å². The van der Waals surface area contributed by atoms with Crippen molar-refractivity contribution in [3.05, 3.63) is 70.7 Å². The van der Waals surface area contributed by atoms with E-state index in [-0.39, 0.29) is 5.91 Å². The Balaban J connectivity index is 1.41. The summed E-state index contributed by atoms with van der Waals surface area (Å²) in [5, 5.41) is 5.93. The first-order valence-corrected chi connectivity index (χ1v) is 9.06. The third-order valence-electron chi connectivity index (χ3n) is 4.38. The van der Waals surface area contributed by atoms with Gasteiger partial charge in [0.25, 0.3) is 0 Å². The summed E-state index contributed by atoms with van der Waals surface area (Å²) >= 11 is 1.61. The highest BCUT2D eigenvalue weighted by atomic mass is 32.1. The Morgan fingerprint density at radius 2 is 1.92 bits per heavy atom. The number of carbonyl (C=O) groups is 1. The minimum atomic E-state index is 0.0231. The molecule has 4 rings (SSSR count). The van der Waals surface area contributed by atoms with E-state index in [4.69, 9.17) is 0 Å². The van der Waals surface area contributed by atoms with Crippen molar-refractivity contribution in [1.82, 2.24) is 4.98 Å². The van der Waals surface area contributed by atoms with E-state index in [2.05, 4.69) is 28.5 Å². The molecule has 0 radical (unpaired) electrons. The van der Waals surface area contributed by atoms with Gasteiger partial charge in [-0.1, -0.05) is 18.2 Å². The maximum absolute atomic E-state index is 12.3. The number of fused-ring (bicyclic) bond motifs is 1. The molecule has 24 heavy (non-hydrogen) atoms. The maximum Gasteiger partial charge on any atom is 0.228 e. The second-order valence-corrected chi connectivity index (χ2v) is 6.99. The van der Waals surface area contributed by atoms with Gasteiger partial charge in [-0.05, 0) is 60.2 Å². The fourth-order valence-electron chi connectivity index (χ4n) is 3.19. The summed E-state index contributed by atoms with van der Waals surface area (Å²) < 4.78 is 0. The van der Waals surface area contributed by atoms with Crippen LogP contribution in [0.3, 0.4) is 0 Å². The number of rotatable bonds is 4. The van der Waals surface area contributed by atoms with E-state index >= 15 is 0 Å². The van der Waals surface area contributed by atoms with Gasteiger partial charge in [0.1, 0.15) is 5.01 Å². The Kier molecular flexibility index (Phi) is 4.13. The second-order valence-electron chi connectivity index (χ2n) is 6.10. The van der Waals surface area contributed by atoms with Gasteiger partial charge < -0.3 is 5.32 Å². The molecule has 0 atom stereocenters. The van der Waals surface area contributed by atoms with Crippen LogP contribution in [-0.4, -0.2) is 10.9 Å². The number of hydrogen-bond acceptors (Lipinski definition) is 3. The number of nitrogens with one attached hydrogen (secondary N) is 1. The van der Waals surface area contributed by atoms with Crippen molar-refractivity contribution in [2.75, 3.05) is 5.32 Å². The zero-order chi connectivity index (χ0) is 16.4. The maximum atomic E-state index is 12.3. The topological polar surface area (TPSA) is 42.0 Å². The highest BCUT2D eigenvalue weighted by Gasteiger charge is 2.12. The van der Waals surface area contributed by atoms with Gasteiger partial charge in [-0.3, -0.25) is 4.79 Å². The number of amides is 1. The highest BCUT2D eigenvalue weighted by molar-refractivity contribution is 7.13. The summed E-state index contributed by atoms with van der Waals surface area (Å²) in [6.45, 7) is 0. The molecule has 0 aliphatic heterocycles. The molecule has 4 heteroatoms. The fraction of sp³-hybridized carbons (Fsp3) is 0.200. The molecule has 3 aromatic rings. The van der Waals surface area contributed by atoms with Crippen LogP contribution in [0.15, 0.2) is 54.0 Å². The van der Waals surface area contributed by atoms with Gasteiger partial charge in [-0.2, -0.15) is 0 Å². The lowest BCUT2D eigenvalue weighted by Crippen LogP contribution is -2.14. The lowest BCUT2D eigenvalue weighted by Gasteiger charge is -2.07. The average molecular weight is 334 g/mol. The van der Waals surface area contributed by atoms with E-state index in [0.29, 0.717) is 6.42 Å². The van der Waals surface area contributed by atoms with E-state index in [0.717, 1.165) is 28.2 Å². The summed E-state index contributed by atoms with van der Waals surface area (Å²) in [4.78, 5) is 16.6. The van der Waals surface area contributed by atoms with Crippen molar-refractivity contribution in [2.24, 2.45) is 0 Å².